The molecule has 0 spiro atoms. The van der Waals surface area contributed by atoms with Crippen molar-refractivity contribution < 1.29 is 9.21 Å². The van der Waals surface area contributed by atoms with Crippen molar-refractivity contribution in [3.05, 3.63) is 64.3 Å². The van der Waals surface area contributed by atoms with Crippen LogP contribution in [0.25, 0.3) is 22.3 Å². The summed E-state index contributed by atoms with van der Waals surface area (Å²) < 4.78 is 5.86. The Kier molecular flexibility index (Phi) is 3.51. The zero-order chi connectivity index (χ0) is 15.7. The van der Waals surface area contributed by atoms with Crippen molar-refractivity contribution in [3.63, 3.8) is 0 Å². The van der Waals surface area contributed by atoms with Gasteiger partial charge in [-0.15, -0.1) is 0 Å². The molecule has 0 aliphatic carbocycles. The molecule has 2 aromatic carbocycles. The highest BCUT2D eigenvalue weighted by Gasteiger charge is 2.09. The highest BCUT2D eigenvalue weighted by atomic mass is 16.3. The topological polar surface area (TPSA) is 59.3 Å². The van der Waals surface area contributed by atoms with Gasteiger partial charge in [0.2, 0.25) is 5.91 Å². The molecule has 1 heterocycles. The third kappa shape index (κ3) is 2.63. The quantitative estimate of drug-likeness (QED) is 0.783. The maximum Gasteiger partial charge on any atom is 0.221 e. The second-order valence-corrected chi connectivity index (χ2v) is 5.18. The number of hydrogen-bond acceptors (Lipinski definition) is 3. The van der Waals surface area contributed by atoms with Gasteiger partial charge in [0.1, 0.15) is 11.3 Å². The van der Waals surface area contributed by atoms with Crippen LogP contribution in [0.3, 0.4) is 0 Å². The van der Waals surface area contributed by atoms with Crippen LogP contribution in [0.2, 0.25) is 0 Å². The van der Waals surface area contributed by atoms with Crippen LogP contribution in [-0.4, -0.2) is 5.91 Å². The average molecular weight is 293 g/mol. The van der Waals surface area contributed by atoms with E-state index in [1.54, 1.807) is 18.2 Å². The van der Waals surface area contributed by atoms with Gasteiger partial charge in [-0.1, -0.05) is 24.3 Å². The number of anilines is 1. The summed E-state index contributed by atoms with van der Waals surface area (Å²) in [5.41, 5.74) is 2.88. The molecule has 0 bridgehead atoms. The minimum atomic E-state index is -0.180. The number of amides is 1. The summed E-state index contributed by atoms with van der Waals surface area (Å²) in [6.07, 6.45) is 0. The van der Waals surface area contributed by atoms with Crippen LogP contribution >= 0.6 is 0 Å². The number of benzene rings is 2. The molecule has 4 heteroatoms. The van der Waals surface area contributed by atoms with Gasteiger partial charge in [0.15, 0.2) is 5.43 Å². The molecule has 1 aromatic heterocycles. The van der Waals surface area contributed by atoms with E-state index in [2.05, 4.69) is 5.32 Å². The number of hydrogen-bond donors (Lipinski definition) is 1. The van der Waals surface area contributed by atoms with E-state index in [1.165, 1.54) is 13.0 Å². The third-order valence-electron chi connectivity index (χ3n) is 3.46. The van der Waals surface area contributed by atoms with E-state index >= 15 is 0 Å². The molecule has 0 saturated heterocycles. The van der Waals surface area contributed by atoms with E-state index in [-0.39, 0.29) is 11.3 Å². The lowest BCUT2D eigenvalue weighted by molar-refractivity contribution is -0.114. The second kappa shape index (κ2) is 5.48. The van der Waals surface area contributed by atoms with Crippen LogP contribution in [0.4, 0.5) is 5.69 Å². The third-order valence-corrected chi connectivity index (χ3v) is 3.46. The van der Waals surface area contributed by atoms with E-state index in [0.717, 1.165) is 11.1 Å². The molecule has 0 radical (unpaired) electrons. The van der Waals surface area contributed by atoms with Crippen LogP contribution in [0.15, 0.2) is 57.7 Å². The second-order valence-electron chi connectivity index (χ2n) is 5.18. The molecule has 0 fully saturated rings. The van der Waals surface area contributed by atoms with E-state index in [0.29, 0.717) is 22.4 Å². The fourth-order valence-corrected chi connectivity index (χ4v) is 2.42. The molecule has 3 rings (SSSR count). The van der Waals surface area contributed by atoms with Crippen molar-refractivity contribution in [1.29, 1.82) is 0 Å². The molecular weight excluding hydrogens is 278 g/mol. The fraction of sp³-hybridized carbons (Fsp3) is 0.111. The lowest BCUT2D eigenvalue weighted by atomic mass is 10.1. The maximum atomic E-state index is 12.3. The SMILES string of the molecule is CC(=O)Nc1ccc2oc(-c3ccccc3C)cc(=O)c2c1. The molecule has 0 saturated carbocycles. The summed E-state index contributed by atoms with van der Waals surface area (Å²) >= 11 is 0. The summed E-state index contributed by atoms with van der Waals surface area (Å²) in [5, 5.41) is 3.11. The first kappa shape index (κ1) is 14.1. The molecule has 0 aliphatic heterocycles. The molecule has 3 aromatic rings. The van der Waals surface area contributed by atoms with Crippen molar-refractivity contribution in [2.45, 2.75) is 13.8 Å². The van der Waals surface area contributed by atoms with Crippen molar-refractivity contribution >= 4 is 22.6 Å². The smallest absolute Gasteiger partial charge is 0.221 e. The van der Waals surface area contributed by atoms with Gasteiger partial charge < -0.3 is 9.73 Å². The Labute approximate surface area is 127 Å². The predicted molar refractivity (Wildman–Crippen MR) is 87.0 cm³/mol. The highest BCUT2D eigenvalue weighted by Crippen LogP contribution is 2.26. The number of fused-ring (bicyclic) bond motifs is 1. The first-order chi connectivity index (χ1) is 10.5. The zero-order valence-corrected chi connectivity index (χ0v) is 12.3. The number of carbonyl (C=O) groups excluding carboxylic acids is 1. The minimum Gasteiger partial charge on any atom is -0.456 e. The van der Waals surface area contributed by atoms with Crippen molar-refractivity contribution in [2.75, 3.05) is 5.32 Å². The summed E-state index contributed by atoms with van der Waals surface area (Å²) in [4.78, 5) is 23.4. The monoisotopic (exact) mass is 293 g/mol. The van der Waals surface area contributed by atoms with Crippen LogP contribution < -0.4 is 10.7 Å². The van der Waals surface area contributed by atoms with Crippen molar-refractivity contribution in [3.8, 4) is 11.3 Å². The Morgan fingerprint density at radius 3 is 2.59 bits per heavy atom. The Bertz CT molecular complexity index is 925. The molecule has 0 unspecified atom stereocenters. The lowest BCUT2D eigenvalue weighted by Crippen LogP contribution is -2.07. The molecule has 4 nitrogen and oxygen atoms in total. The molecular formula is C18H15NO3. The molecule has 110 valence electrons. The van der Waals surface area contributed by atoms with E-state index in [4.69, 9.17) is 4.42 Å². The largest absolute Gasteiger partial charge is 0.456 e. The Balaban J connectivity index is 2.16. The first-order valence-corrected chi connectivity index (χ1v) is 6.96. The summed E-state index contributed by atoms with van der Waals surface area (Å²) in [6, 6.07) is 14.3. The molecule has 1 N–H and O–H groups in total. The van der Waals surface area contributed by atoms with Crippen LogP contribution in [0.5, 0.6) is 0 Å². The van der Waals surface area contributed by atoms with E-state index in [1.807, 2.05) is 31.2 Å². The zero-order valence-electron chi connectivity index (χ0n) is 12.3. The molecule has 0 atom stereocenters. The van der Waals surface area contributed by atoms with Gasteiger partial charge in [-0.2, -0.15) is 0 Å². The van der Waals surface area contributed by atoms with Crippen molar-refractivity contribution in [2.24, 2.45) is 0 Å². The Hall–Kier alpha value is -2.88. The molecule has 1 amide bonds. The van der Waals surface area contributed by atoms with Crippen LogP contribution in [0, 0.1) is 6.92 Å². The summed E-state index contributed by atoms with van der Waals surface area (Å²) in [6.45, 7) is 3.40. The van der Waals surface area contributed by atoms with E-state index < -0.39 is 0 Å². The maximum absolute atomic E-state index is 12.3. The van der Waals surface area contributed by atoms with Gasteiger partial charge in [-0.3, -0.25) is 9.59 Å². The molecule has 0 aliphatic rings. The number of rotatable bonds is 2. The van der Waals surface area contributed by atoms with Gasteiger partial charge in [0.05, 0.1) is 5.39 Å². The van der Waals surface area contributed by atoms with Gasteiger partial charge in [0.25, 0.3) is 0 Å². The summed E-state index contributed by atoms with van der Waals surface area (Å²) in [5.74, 6) is 0.364. The van der Waals surface area contributed by atoms with Gasteiger partial charge >= 0.3 is 0 Å². The predicted octanol–water partition coefficient (Wildman–Crippen LogP) is 3.73. The minimum absolute atomic E-state index is 0.133. The number of nitrogens with one attached hydrogen (secondary N) is 1. The Morgan fingerprint density at radius 2 is 1.86 bits per heavy atom. The van der Waals surface area contributed by atoms with Crippen LogP contribution in [-0.2, 0) is 4.79 Å². The van der Waals surface area contributed by atoms with E-state index in [9.17, 15) is 9.59 Å². The van der Waals surface area contributed by atoms with Gasteiger partial charge in [0, 0.05) is 24.2 Å². The number of carbonyl (C=O) groups is 1. The van der Waals surface area contributed by atoms with Gasteiger partial charge in [-0.25, -0.2) is 0 Å². The molecule has 22 heavy (non-hydrogen) atoms. The average Bonchev–Trinajstić information content (AvgIpc) is 2.47. The number of aryl methyl sites for hydroxylation is 1. The Morgan fingerprint density at radius 1 is 1.09 bits per heavy atom. The van der Waals surface area contributed by atoms with Gasteiger partial charge in [-0.05, 0) is 30.7 Å². The standard InChI is InChI=1S/C18H15NO3/c1-11-5-3-4-6-14(11)18-10-16(21)15-9-13(19-12(2)20)7-8-17(15)22-18/h3-10H,1-2H3,(H,19,20). The first-order valence-electron chi connectivity index (χ1n) is 6.96. The van der Waals surface area contributed by atoms with Crippen LogP contribution in [0.1, 0.15) is 12.5 Å². The normalized spacial score (nSPS) is 10.6. The fourth-order valence-electron chi connectivity index (χ4n) is 2.42. The highest BCUT2D eigenvalue weighted by molar-refractivity contribution is 5.92. The van der Waals surface area contributed by atoms with Crippen molar-refractivity contribution in [1.82, 2.24) is 0 Å². The lowest BCUT2D eigenvalue weighted by Gasteiger charge is -2.07. The summed E-state index contributed by atoms with van der Waals surface area (Å²) in [7, 11) is 0.